The number of nitrogens with zero attached hydrogens (tertiary/aromatic N) is 2. The first-order valence-corrected chi connectivity index (χ1v) is 7.76. The lowest BCUT2D eigenvalue weighted by molar-refractivity contribution is -0.0777. The molecule has 2 rings (SSSR count). The summed E-state index contributed by atoms with van der Waals surface area (Å²) in [7, 11) is 0. The van der Waals surface area contributed by atoms with Gasteiger partial charge in [-0.05, 0) is 20.8 Å². The first-order chi connectivity index (χ1) is 9.54. The maximum atomic E-state index is 11.7. The Hall–Kier alpha value is -1.18. The topological polar surface area (TPSA) is 66.5 Å². The number of hydrogen-bond donors (Lipinski definition) is 2. The Morgan fingerprint density at radius 2 is 2.25 bits per heavy atom. The van der Waals surface area contributed by atoms with E-state index in [0.717, 1.165) is 13.1 Å². The number of nitrogens with one attached hydrogen (secondary N) is 2. The highest BCUT2D eigenvalue weighted by atomic mass is 32.1. The van der Waals surface area contributed by atoms with Crippen LogP contribution < -0.4 is 10.6 Å². The van der Waals surface area contributed by atoms with Crippen molar-refractivity contribution in [2.45, 2.75) is 39.0 Å². The number of hydrogen-bond acceptors (Lipinski definition) is 5. The second-order valence-electron chi connectivity index (χ2n) is 5.23. The number of ether oxygens (including phenoxy) is 1. The van der Waals surface area contributed by atoms with E-state index in [4.69, 9.17) is 4.74 Å². The average Bonchev–Trinajstić information content (AvgIpc) is 2.87. The van der Waals surface area contributed by atoms with E-state index in [-0.39, 0.29) is 24.3 Å². The highest BCUT2D eigenvalue weighted by Gasteiger charge is 2.25. The van der Waals surface area contributed by atoms with E-state index < -0.39 is 0 Å². The van der Waals surface area contributed by atoms with Gasteiger partial charge in [0.2, 0.25) is 0 Å². The van der Waals surface area contributed by atoms with Crippen molar-refractivity contribution in [1.82, 2.24) is 15.2 Å². The van der Waals surface area contributed by atoms with Crippen molar-refractivity contribution in [2.24, 2.45) is 0 Å². The van der Waals surface area contributed by atoms with Crippen molar-refractivity contribution in [3.8, 4) is 0 Å². The van der Waals surface area contributed by atoms with Crippen LogP contribution in [-0.4, -0.2) is 53.8 Å². The van der Waals surface area contributed by atoms with Gasteiger partial charge in [-0.3, -0.25) is 10.2 Å². The number of aromatic nitrogens is 1. The van der Waals surface area contributed by atoms with Gasteiger partial charge in [0.15, 0.2) is 5.13 Å². The Balaban J connectivity index is 1.74. The van der Waals surface area contributed by atoms with Crippen LogP contribution in [0.4, 0.5) is 9.93 Å². The van der Waals surface area contributed by atoms with Gasteiger partial charge in [0.05, 0.1) is 12.2 Å². The smallest absolute Gasteiger partial charge is 0.321 e. The Bertz CT molecular complexity index is 416. The highest BCUT2D eigenvalue weighted by Crippen LogP contribution is 2.13. The molecule has 0 unspecified atom stereocenters. The number of morpholine rings is 1. The second-order valence-corrected chi connectivity index (χ2v) is 6.13. The molecule has 0 spiro atoms. The molecule has 2 heterocycles. The molecule has 1 aromatic rings. The van der Waals surface area contributed by atoms with Crippen molar-refractivity contribution in [3.63, 3.8) is 0 Å². The minimum absolute atomic E-state index is 0.207. The number of anilines is 1. The van der Waals surface area contributed by atoms with Gasteiger partial charge in [-0.1, -0.05) is 0 Å². The second kappa shape index (κ2) is 7.01. The van der Waals surface area contributed by atoms with Gasteiger partial charge < -0.3 is 10.1 Å². The van der Waals surface area contributed by atoms with E-state index in [2.05, 4.69) is 41.3 Å². The number of carbonyl (C=O) groups excluding carboxylic acids is 1. The molecule has 7 heteroatoms. The quantitative estimate of drug-likeness (QED) is 0.889. The van der Waals surface area contributed by atoms with Gasteiger partial charge >= 0.3 is 6.03 Å². The maximum absolute atomic E-state index is 11.7. The predicted molar refractivity (Wildman–Crippen MR) is 80.2 cm³/mol. The van der Waals surface area contributed by atoms with Crippen molar-refractivity contribution in [1.29, 1.82) is 0 Å². The molecule has 1 aliphatic heterocycles. The third kappa shape index (κ3) is 4.43. The molecule has 3 atom stereocenters. The summed E-state index contributed by atoms with van der Waals surface area (Å²) in [6.45, 7) is 8.70. The summed E-state index contributed by atoms with van der Waals surface area (Å²) in [6.07, 6.45) is 2.15. The van der Waals surface area contributed by atoms with Gasteiger partial charge in [-0.15, -0.1) is 11.3 Å². The van der Waals surface area contributed by atoms with E-state index in [0.29, 0.717) is 11.7 Å². The number of amides is 2. The molecular weight excluding hydrogens is 276 g/mol. The third-order valence-corrected chi connectivity index (χ3v) is 3.97. The summed E-state index contributed by atoms with van der Waals surface area (Å²) in [5.74, 6) is 0. The Morgan fingerprint density at radius 3 is 2.85 bits per heavy atom. The van der Waals surface area contributed by atoms with Crippen molar-refractivity contribution in [2.75, 3.05) is 25.0 Å². The molecule has 112 valence electrons. The molecule has 2 amide bonds. The zero-order chi connectivity index (χ0) is 14.5. The van der Waals surface area contributed by atoms with Crippen LogP contribution in [0.15, 0.2) is 11.6 Å². The van der Waals surface area contributed by atoms with Crippen LogP contribution in [-0.2, 0) is 4.74 Å². The van der Waals surface area contributed by atoms with Crippen LogP contribution in [0, 0.1) is 0 Å². The molecule has 1 aromatic heterocycles. The zero-order valence-electron chi connectivity index (χ0n) is 12.1. The average molecular weight is 298 g/mol. The lowest BCUT2D eigenvalue weighted by atomic mass is 10.2. The summed E-state index contributed by atoms with van der Waals surface area (Å²) in [5, 5.41) is 8.04. The predicted octanol–water partition coefficient (Wildman–Crippen LogP) is 1.76. The fourth-order valence-electron chi connectivity index (χ4n) is 2.37. The van der Waals surface area contributed by atoms with Crippen LogP contribution in [0.25, 0.3) is 0 Å². The summed E-state index contributed by atoms with van der Waals surface area (Å²) < 4.78 is 5.71. The largest absolute Gasteiger partial charge is 0.373 e. The molecule has 6 nitrogen and oxygen atoms in total. The molecule has 0 aliphatic carbocycles. The first kappa shape index (κ1) is 15.2. The zero-order valence-corrected chi connectivity index (χ0v) is 12.9. The summed E-state index contributed by atoms with van der Waals surface area (Å²) >= 11 is 1.40. The van der Waals surface area contributed by atoms with Crippen LogP contribution in [0.3, 0.4) is 0 Å². The van der Waals surface area contributed by atoms with Crippen LogP contribution in [0.2, 0.25) is 0 Å². The van der Waals surface area contributed by atoms with Gasteiger partial charge in [0.1, 0.15) is 0 Å². The molecule has 0 aromatic carbocycles. The Morgan fingerprint density at radius 1 is 1.55 bits per heavy atom. The minimum atomic E-state index is -0.207. The van der Waals surface area contributed by atoms with Crippen molar-refractivity contribution in [3.05, 3.63) is 11.6 Å². The van der Waals surface area contributed by atoms with Gasteiger partial charge in [-0.25, -0.2) is 9.78 Å². The monoisotopic (exact) mass is 298 g/mol. The third-order valence-electron chi connectivity index (χ3n) is 3.28. The van der Waals surface area contributed by atoms with Crippen LogP contribution in [0.1, 0.15) is 20.8 Å². The SMILES string of the molecule is C[C@@H]1CN([C@H](C)CNC(=O)Nc2nccs2)C[C@H](C)O1. The lowest BCUT2D eigenvalue weighted by Crippen LogP contribution is -2.52. The highest BCUT2D eigenvalue weighted by molar-refractivity contribution is 7.13. The molecule has 0 radical (unpaired) electrons. The fraction of sp³-hybridized carbons (Fsp3) is 0.692. The van der Waals surface area contributed by atoms with Crippen molar-refractivity contribution < 1.29 is 9.53 Å². The van der Waals surface area contributed by atoms with E-state index in [9.17, 15) is 4.79 Å². The molecule has 1 aliphatic rings. The number of carbonyl (C=O) groups is 1. The van der Waals surface area contributed by atoms with Crippen molar-refractivity contribution >= 4 is 22.5 Å². The van der Waals surface area contributed by atoms with Gasteiger partial charge in [0.25, 0.3) is 0 Å². The number of thiazole rings is 1. The van der Waals surface area contributed by atoms with Gasteiger partial charge in [0, 0.05) is 37.3 Å². The number of rotatable bonds is 4. The lowest BCUT2D eigenvalue weighted by Gasteiger charge is -2.38. The molecule has 1 fully saturated rings. The van der Waals surface area contributed by atoms with Gasteiger partial charge in [-0.2, -0.15) is 0 Å². The molecule has 0 saturated carbocycles. The molecule has 0 bridgehead atoms. The van der Waals surface area contributed by atoms with E-state index >= 15 is 0 Å². The van der Waals surface area contributed by atoms with Crippen LogP contribution >= 0.6 is 11.3 Å². The standard InChI is InChI=1S/C13H22N4O2S/c1-9(17-7-10(2)19-11(3)8-17)6-15-12(18)16-13-14-4-5-20-13/h4-5,9-11H,6-8H2,1-3H3,(H2,14,15,16,18)/t9-,10-,11+/m1/s1. The number of urea groups is 1. The van der Waals surface area contributed by atoms with E-state index in [1.165, 1.54) is 11.3 Å². The molecule has 2 N–H and O–H groups in total. The minimum Gasteiger partial charge on any atom is -0.373 e. The summed E-state index contributed by atoms with van der Waals surface area (Å²) in [6, 6.07) is 0.0759. The fourth-order valence-corrected chi connectivity index (χ4v) is 2.90. The van der Waals surface area contributed by atoms with Crippen LogP contribution in [0.5, 0.6) is 0 Å². The Labute approximate surface area is 123 Å². The Kier molecular flexibility index (Phi) is 5.33. The molecule has 1 saturated heterocycles. The summed E-state index contributed by atoms with van der Waals surface area (Å²) in [4.78, 5) is 18.1. The molecular formula is C13H22N4O2S. The van der Waals surface area contributed by atoms with E-state index in [1.54, 1.807) is 6.20 Å². The van der Waals surface area contributed by atoms with E-state index in [1.807, 2.05) is 5.38 Å². The maximum Gasteiger partial charge on any atom is 0.321 e. The summed E-state index contributed by atoms with van der Waals surface area (Å²) in [5.41, 5.74) is 0. The first-order valence-electron chi connectivity index (χ1n) is 6.88. The normalized spacial score (nSPS) is 25.1. The molecule has 20 heavy (non-hydrogen) atoms.